The first kappa shape index (κ1) is 16.1. The quantitative estimate of drug-likeness (QED) is 0.612. The number of carbonyl (C=O) groups excluding carboxylic acids is 1. The molecule has 1 atom stereocenters. The van der Waals surface area contributed by atoms with E-state index in [1.54, 1.807) is 11.3 Å². The smallest absolute Gasteiger partial charge is 0.358 e. The van der Waals surface area contributed by atoms with Crippen LogP contribution in [-0.2, 0) is 11.3 Å². The second-order valence-electron chi connectivity index (χ2n) is 4.93. The molecule has 0 aliphatic carbocycles. The molecule has 0 radical (unpaired) electrons. The number of amides is 1. The number of nitrogens with one attached hydrogen (secondary N) is 1. The van der Waals surface area contributed by atoms with Crippen LogP contribution >= 0.6 is 11.3 Å². The standard InChI is InChI=1S/C13H17N5O3S/c1-16(2)10(11-4-3-7-22-11)8-14-13(19)9-17-6-5-12(15-17)18(20)21/h3-7,10H,8-9H2,1-2H3,(H,14,19). The molecule has 0 aromatic carbocycles. The topological polar surface area (TPSA) is 93.3 Å². The Labute approximate surface area is 131 Å². The highest BCUT2D eigenvalue weighted by molar-refractivity contribution is 7.10. The van der Waals surface area contributed by atoms with Crippen LogP contribution in [0, 0.1) is 10.1 Å². The summed E-state index contributed by atoms with van der Waals surface area (Å²) in [6.45, 7) is 0.425. The Morgan fingerprint density at radius 2 is 2.32 bits per heavy atom. The first-order chi connectivity index (χ1) is 10.5. The van der Waals surface area contributed by atoms with Crippen LogP contribution in [0.2, 0.25) is 0 Å². The zero-order valence-corrected chi connectivity index (χ0v) is 13.1. The molecule has 0 spiro atoms. The van der Waals surface area contributed by atoms with Gasteiger partial charge in [-0.25, -0.2) is 0 Å². The minimum atomic E-state index is -0.590. The Kier molecular flexibility index (Phi) is 5.23. The van der Waals surface area contributed by atoms with Gasteiger partial charge in [0.05, 0.1) is 23.4 Å². The first-order valence-electron chi connectivity index (χ1n) is 6.61. The van der Waals surface area contributed by atoms with Gasteiger partial charge in [-0.1, -0.05) is 6.07 Å². The van der Waals surface area contributed by atoms with E-state index in [0.29, 0.717) is 6.54 Å². The monoisotopic (exact) mass is 323 g/mol. The molecular weight excluding hydrogens is 306 g/mol. The summed E-state index contributed by atoms with van der Waals surface area (Å²) in [5.74, 6) is -0.501. The predicted octanol–water partition coefficient (Wildman–Crippen LogP) is 1.27. The number of hydrogen-bond donors (Lipinski definition) is 1. The van der Waals surface area contributed by atoms with Crippen molar-refractivity contribution in [2.75, 3.05) is 20.6 Å². The van der Waals surface area contributed by atoms with Crippen LogP contribution in [-0.4, -0.2) is 46.2 Å². The summed E-state index contributed by atoms with van der Waals surface area (Å²) in [6, 6.07) is 5.36. The van der Waals surface area contributed by atoms with E-state index >= 15 is 0 Å². The number of thiophene rings is 1. The molecule has 2 rings (SSSR count). The Bertz CT molecular complexity index is 638. The predicted molar refractivity (Wildman–Crippen MR) is 82.6 cm³/mol. The summed E-state index contributed by atoms with van der Waals surface area (Å²) in [5, 5.41) is 19.1. The molecule has 2 heterocycles. The normalized spacial score (nSPS) is 12.3. The molecule has 2 aromatic heterocycles. The lowest BCUT2D eigenvalue weighted by Crippen LogP contribution is -2.36. The van der Waals surface area contributed by atoms with Gasteiger partial charge in [0.1, 0.15) is 6.54 Å². The minimum absolute atomic E-state index is 0.0432. The van der Waals surface area contributed by atoms with Gasteiger partial charge in [0.25, 0.3) is 0 Å². The number of carbonyl (C=O) groups is 1. The van der Waals surface area contributed by atoms with Crippen molar-refractivity contribution in [1.29, 1.82) is 0 Å². The van der Waals surface area contributed by atoms with Crippen molar-refractivity contribution in [3.8, 4) is 0 Å². The third-order valence-corrected chi connectivity index (χ3v) is 4.08. The molecule has 0 bridgehead atoms. The fourth-order valence-electron chi connectivity index (χ4n) is 1.97. The molecular formula is C13H17N5O3S. The number of aromatic nitrogens is 2. The van der Waals surface area contributed by atoms with E-state index in [1.807, 2.05) is 36.5 Å². The molecule has 0 saturated carbocycles. The summed E-state index contributed by atoms with van der Waals surface area (Å²) in [4.78, 5) is 25.1. The second-order valence-corrected chi connectivity index (χ2v) is 5.91. The second kappa shape index (κ2) is 7.14. The van der Waals surface area contributed by atoms with Crippen LogP contribution < -0.4 is 5.32 Å². The number of rotatable bonds is 7. The zero-order valence-electron chi connectivity index (χ0n) is 12.3. The molecule has 0 aliphatic rings. The van der Waals surface area contributed by atoms with Gasteiger partial charge in [0.15, 0.2) is 0 Å². The van der Waals surface area contributed by atoms with Gasteiger partial charge in [0, 0.05) is 11.4 Å². The Hall–Kier alpha value is -2.26. The Morgan fingerprint density at radius 3 is 2.86 bits per heavy atom. The molecule has 22 heavy (non-hydrogen) atoms. The summed E-state index contributed by atoms with van der Waals surface area (Å²) in [5.41, 5.74) is 0. The highest BCUT2D eigenvalue weighted by Crippen LogP contribution is 2.22. The fourth-order valence-corrected chi connectivity index (χ4v) is 2.89. The molecule has 2 aromatic rings. The van der Waals surface area contributed by atoms with E-state index in [-0.39, 0.29) is 24.3 Å². The largest absolute Gasteiger partial charge is 0.389 e. The van der Waals surface area contributed by atoms with Gasteiger partial charge in [-0.3, -0.25) is 4.79 Å². The van der Waals surface area contributed by atoms with Gasteiger partial charge in [0.2, 0.25) is 5.91 Å². The van der Waals surface area contributed by atoms with Crippen molar-refractivity contribution in [3.63, 3.8) is 0 Å². The van der Waals surface area contributed by atoms with Crippen molar-refractivity contribution in [1.82, 2.24) is 20.0 Å². The van der Waals surface area contributed by atoms with Crippen molar-refractivity contribution < 1.29 is 9.72 Å². The summed E-state index contributed by atoms with van der Waals surface area (Å²) >= 11 is 1.64. The zero-order chi connectivity index (χ0) is 16.1. The number of nitro groups is 1. The van der Waals surface area contributed by atoms with E-state index in [1.165, 1.54) is 21.8 Å². The van der Waals surface area contributed by atoms with Crippen LogP contribution in [0.15, 0.2) is 29.8 Å². The first-order valence-corrected chi connectivity index (χ1v) is 7.49. The van der Waals surface area contributed by atoms with Crippen molar-refractivity contribution in [2.45, 2.75) is 12.6 Å². The van der Waals surface area contributed by atoms with E-state index < -0.39 is 4.92 Å². The van der Waals surface area contributed by atoms with Gasteiger partial charge in [-0.05, 0) is 30.5 Å². The lowest BCUT2D eigenvalue weighted by atomic mass is 10.2. The van der Waals surface area contributed by atoms with E-state index in [2.05, 4.69) is 10.4 Å². The van der Waals surface area contributed by atoms with Crippen molar-refractivity contribution in [2.24, 2.45) is 0 Å². The maximum Gasteiger partial charge on any atom is 0.389 e. The van der Waals surface area contributed by atoms with Crippen molar-refractivity contribution >= 4 is 23.1 Å². The van der Waals surface area contributed by atoms with Gasteiger partial charge >= 0.3 is 5.82 Å². The average Bonchev–Trinajstić information content (AvgIpc) is 3.09. The number of hydrogen-bond acceptors (Lipinski definition) is 6. The fraction of sp³-hybridized carbons (Fsp3) is 0.385. The maximum atomic E-state index is 11.9. The lowest BCUT2D eigenvalue weighted by molar-refractivity contribution is -0.389. The van der Waals surface area contributed by atoms with Crippen LogP contribution in [0.5, 0.6) is 0 Å². The molecule has 1 unspecified atom stereocenters. The highest BCUT2D eigenvalue weighted by Gasteiger charge is 2.17. The Balaban J connectivity index is 1.89. The third-order valence-electron chi connectivity index (χ3n) is 3.11. The van der Waals surface area contributed by atoms with Crippen LogP contribution in [0.1, 0.15) is 10.9 Å². The van der Waals surface area contributed by atoms with Crippen LogP contribution in [0.3, 0.4) is 0 Å². The molecule has 118 valence electrons. The van der Waals surface area contributed by atoms with Crippen LogP contribution in [0.25, 0.3) is 0 Å². The minimum Gasteiger partial charge on any atom is -0.358 e. The van der Waals surface area contributed by atoms with E-state index in [4.69, 9.17) is 0 Å². The number of nitrogens with zero attached hydrogens (tertiary/aromatic N) is 4. The van der Waals surface area contributed by atoms with Gasteiger partial charge < -0.3 is 20.3 Å². The van der Waals surface area contributed by atoms with E-state index in [0.717, 1.165) is 0 Å². The molecule has 1 amide bonds. The van der Waals surface area contributed by atoms with Crippen molar-refractivity contribution in [3.05, 3.63) is 44.8 Å². The van der Waals surface area contributed by atoms with Gasteiger partial charge in [-0.2, -0.15) is 4.68 Å². The maximum absolute atomic E-state index is 11.9. The SMILES string of the molecule is CN(C)C(CNC(=O)Cn1ccc([N+](=O)[O-])n1)c1cccs1. The average molecular weight is 323 g/mol. The molecule has 9 heteroatoms. The summed E-state index contributed by atoms with van der Waals surface area (Å²) < 4.78 is 1.25. The van der Waals surface area contributed by atoms with Crippen LogP contribution in [0.4, 0.5) is 5.82 Å². The third kappa shape index (κ3) is 4.12. The molecule has 0 saturated heterocycles. The summed E-state index contributed by atoms with van der Waals surface area (Å²) in [7, 11) is 3.90. The summed E-state index contributed by atoms with van der Waals surface area (Å²) in [6.07, 6.45) is 1.42. The van der Waals surface area contributed by atoms with Gasteiger partial charge in [-0.15, -0.1) is 11.3 Å². The molecule has 8 nitrogen and oxygen atoms in total. The molecule has 0 fully saturated rings. The van der Waals surface area contributed by atoms with E-state index in [9.17, 15) is 14.9 Å². The Morgan fingerprint density at radius 1 is 1.55 bits per heavy atom. The molecule has 1 N–H and O–H groups in total. The number of likely N-dealkylation sites (N-methyl/N-ethyl adjacent to an activating group) is 1. The lowest BCUT2D eigenvalue weighted by Gasteiger charge is -2.23. The highest BCUT2D eigenvalue weighted by atomic mass is 32.1. The molecule has 0 aliphatic heterocycles.